The van der Waals surface area contributed by atoms with Gasteiger partial charge in [-0.05, 0) is 48.4 Å². The van der Waals surface area contributed by atoms with Crippen LogP contribution in [0.4, 0.5) is 0 Å². The van der Waals surface area contributed by atoms with Gasteiger partial charge in [-0.25, -0.2) is 13.8 Å². The number of amides is 1. The van der Waals surface area contributed by atoms with Crippen molar-refractivity contribution in [3.8, 4) is 5.75 Å². The van der Waals surface area contributed by atoms with Crippen molar-refractivity contribution in [2.75, 3.05) is 20.7 Å². The van der Waals surface area contributed by atoms with E-state index in [4.69, 9.17) is 27.9 Å². The van der Waals surface area contributed by atoms with Crippen LogP contribution >= 0.6 is 23.2 Å². The van der Waals surface area contributed by atoms with Gasteiger partial charge in [-0.1, -0.05) is 29.3 Å². The summed E-state index contributed by atoms with van der Waals surface area (Å²) in [4.78, 5) is 12.1. The van der Waals surface area contributed by atoms with Gasteiger partial charge < -0.3 is 4.74 Å². The minimum Gasteiger partial charge on any atom is -0.496 e. The van der Waals surface area contributed by atoms with E-state index in [-0.39, 0.29) is 4.90 Å². The molecule has 2 aromatic rings. The lowest BCUT2D eigenvalue weighted by Gasteiger charge is -2.17. The number of sulfonamides is 1. The fraction of sp³-hybridized carbons (Fsp3) is 0.222. The van der Waals surface area contributed by atoms with Crippen LogP contribution in [0.3, 0.4) is 0 Å². The molecular formula is C18H19Cl2N3O4S. The maximum absolute atomic E-state index is 12.6. The molecule has 0 saturated carbocycles. The van der Waals surface area contributed by atoms with Crippen LogP contribution in [-0.4, -0.2) is 45.5 Å². The van der Waals surface area contributed by atoms with E-state index in [9.17, 15) is 13.2 Å². The Balaban J connectivity index is 2.01. The summed E-state index contributed by atoms with van der Waals surface area (Å²) in [6.07, 6.45) is 1.38. The molecule has 0 aliphatic heterocycles. The molecule has 0 aromatic heterocycles. The monoisotopic (exact) mass is 443 g/mol. The Labute approximate surface area is 173 Å². The standard InChI is InChI=1S/C18H19Cl2N3O4S/c1-12-8-14(5-7-17(12)27-3)28(25,26)23(2)11-18(24)22-21-10-13-4-6-15(19)16(20)9-13/h4-10H,11H2,1-3H3,(H,22,24). The molecule has 0 unspecified atom stereocenters. The summed E-state index contributed by atoms with van der Waals surface area (Å²) in [5.41, 5.74) is 3.58. The number of methoxy groups -OCH3 is 1. The van der Waals surface area contributed by atoms with E-state index in [2.05, 4.69) is 10.5 Å². The number of hydrazone groups is 1. The number of halogens is 2. The molecule has 28 heavy (non-hydrogen) atoms. The van der Waals surface area contributed by atoms with Crippen molar-refractivity contribution in [3.05, 3.63) is 57.6 Å². The second-order valence-corrected chi connectivity index (χ2v) is 8.72. The zero-order chi connectivity index (χ0) is 20.9. The number of nitrogens with zero attached hydrogens (tertiary/aromatic N) is 2. The minimum atomic E-state index is -3.84. The highest BCUT2D eigenvalue weighted by molar-refractivity contribution is 7.89. The average Bonchev–Trinajstić information content (AvgIpc) is 2.64. The van der Waals surface area contributed by atoms with Crippen molar-refractivity contribution >= 4 is 45.3 Å². The minimum absolute atomic E-state index is 0.0698. The maximum Gasteiger partial charge on any atom is 0.255 e. The number of hydrogen-bond acceptors (Lipinski definition) is 5. The van der Waals surface area contributed by atoms with Gasteiger partial charge in [0, 0.05) is 7.05 Å². The van der Waals surface area contributed by atoms with Crippen LogP contribution in [0, 0.1) is 6.92 Å². The molecule has 0 saturated heterocycles. The Morgan fingerprint density at radius 3 is 2.54 bits per heavy atom. The maximum atomic E-state index is 12.6. The zero-order valence-corrected chi connectivity index (χ0v) is 17.8. The normalized spacial score (nSPS) is 11.8. The topological polar surface area (TPSA) is 88.1 Å². The summed E-state index contributed by atoms with van der Waals surface area (Å²) in [7, 11) is -1.01. The third kappa shape index (κ3) is 5.45. The highest BCUT2D eigenvalue weighted by Gasteiger charge is 2.23. The lowest BCUT2D eigenvalue weighted by molar-refractivity contribution is -0.121. The highest BCUT2D eigenvalue weighted by atomic mass is 35.5. The van der Waals surface area contributed by atoms with Gasteiger partial charge in [0.2, 0.25) is 10.0 Å². The van der Waals surface area contributed by atoms with E-state index in [1.807, 2.05) is 0 Å². The first-order valence-corrected chi connectivity index (χ1v) is 10.2. The Morgan fingerprint density at radius 1 is 1.21 bits per heavy atom. The first kappa shape index (κ1) is 22.2. The predicted molar refractivity (Wildman–Crippen MR) is 110 cm³/mol. The van der Waals surface area contributed by atoms with E-state index >= 15 is 0 Å². The average molecular weight is 444 g/mol. The molecule has 0 spiro atoms. The fourth-order valence-corrected chi connectivity index (χ4v) is 3.80. The third-order valence-corrected chi connectivity index (χ3v) is 6.33. The first-order valence-electron chi connectivity index (χ1n) is 8.03. The van der Waals surface area contributed by atoms with Gasteiger partial charge in [0.25, 0.3) is 5.91 Å². The molecule has 1 N–H and O–H groups in total. The largest absolute Gasteiger partial charge is 0.496 e. The van der Waals surface area contributed by atoms with Gasteiger partial charge >= 0.3 is 0 Å². The SMILES string of the molecule is COc1ccc(S(=O)(=O)N(C)CC(=O)NN=Cc2ccc(Cl)c(Cl)c2)cc1C. The number of ether oxygens (including phenoxy) is 1. The van der Waals surface area contributed by atoms with Crippen LogP contribution in [-0.2, 0) is 14.8 Å². The summed E-state index contributed by atoms with van der Waals surface area (Å²) in [6, 6.07) is 9.35. The first-order chi connectivity index (χ1) is 13.1. The molecule has 0 heterocycles. The van der Waals surface area contributed by atoms with Crippen LogP contribution in [0.25, 0.3) is 0 Å². The summed E-state index contributed by atoms with van der Waals surface area (Å²) in [5.74, 6) is -0.0106. The number of nitrogens with one attached hydrogen (secondary N) is 1. The van der Waals surface area contributed by atoms with Crippen LogP contribution in [0.5, 0.6) is 5.75 Å². The molecule has 0 aliphatic rings. The lowest BCUT2D eigenvalue weighted by Crippen LogP contribution is -2.36. The molecule has 0 fully saturated rings. The van der Waals surface area contributed by atoms with Gasteiger partial charge in [0.1, 0.15) is 5.75 Å². The quantitative estimate of drug-likeness (QED) is 0.525. The predicted octanol–water partition coefficient (Wildman–Crippen LogP) is 3.08. The molecule has 10 heteroatoms. The molecule has 0 atom stereocenters. The van der Waals surface area contributed by atoms with Crippen LogP contribution in [0.1, 0.15) is 11.1 Å². The summed E-state index contributed by atoms with van der Waals surface area (Å²) >= 11 is 11.7. The van der Waals surface area contributed by atoms with Gasteiger partial charge in [-0.2, -0.15) is 9.41 Å². The third-order valence-electron chi connectivity index (χ3n) is 3.79. The van der Waals surface area contributed by atoms with Crippen molar-refractivity contribution in [3.63, 3.8) is 0 Å². The van der Waals surface area contributed by atoms with Crippen molar-refractivity contribution in [2.45, 2.75) is 11.8 Å². The smallest absolute Gasteiger partial charge is 0.255 e. The Morgan fingerprint density at radius 2 is 1.93 bits per heavy atom. The zero-order valence-electron chi connectivity index (χ0n) is 15.4. The van der Waals surface area contributed by atoms with Crippen LogP contribution < -0.4 is 10.2 Å². The van der Waals surface area contributed by atoms with Crippen molar-refractivity contribution in [2.24, 2.45) is 5.10 Å². The molecule has 1 amide bonds. The number of hydrogen-bond donors (Lipinski definition) is 1. The molecule has 2 rings (SSSR count). The summed E-state index contributed by atoms with van der Waals surface area (Å²) < 4.78 is 31.3. The van der Waals surface area contributed by atoms with Gasteiger partial charge in [-0.15, -0.1) is 0 Å². The number of rotatable bonds is 7. The molecule has 2 aromatic carbocycles. The van der Waals surface area contributed by atoms with Crippen molar-refractivity contribution < 1.29 is 17.9 Å². The second kappa shape index (κ2) is 9.38. The van der Waals surface area contributed by atoms with E-state index in [0.29, 0.717) is 26.9 Å². The van der Waals surface area contributed by atoms with Crippen molar-refractivity contribution in [1.82, 2.24) is 9.73 Å². The number of aryl methyl sites for hydroxylation is 1. The van der Waals surface area contributed by atoms with Gasteiger partial charge in [-0.3, -0.25) is 4.79 Å². The molecule has 0 aliphatic carbocycles. The van der Waals surface area contributed by atoms with Gasteiger partial charge in [0.05, 0.1) is 34.8 Å². The number of benzene rings is 2. The second-order valence-electron chi connectivity index (χ2n) is 5.86. The number of carbonyl (C=O) groups is 1. The molecule has 0 radical (unpaired) electrons. The van der Waals surface area contributed by atoms with E-state index in [0.717, 1.165) is 4.31 Å². The summed E-state index contributed by atoms with van der Waals surface area (Å²) in [5, 5.41) is 4.56. The Bertz CT molecular complexity index is 1010. The fourth-order valence-electron chi connectivity index (χ4n) is 2.29. The van der Waals surface area contributed by atoms with Crippen LogP contribution in [0.2, 0.25) is 10.0 Å². The molecule has 150 valence electrons. The van der Waals surface area contributed by atoms with Crippen molar-refractivity contribution in [1.29, 1.82) is 0 Å². The Kier molecular flexibility index (Phi) is 7.42. The highest BCUT2D eigenvalue weighted by Crippen LogP contribution is 2.23. The van der Waals surface area contributed by atoms with E-state index in [1.54, 1.807) is 31.2 Å². The molecular weight excluding hydrogens is 425 g/mol. The molecule has 7 nitrogen and oxygen atoms in total. The number of likely N-dealkylation sites (N-methyl/N-ethyl adjacent to an activating group) is 1. The van der Waals surface area contributed by atoms with E-state index in [1.165, 1.54) is 32.5 Å². The van der Waals surface area contributed by atoms with E-state index < -0.39 is 22.5 Å². The number of carbonyl (C=O) groups excluding carboxylic acids is 1. The summed E-state index contributed by atoms with van der Waals surface area (Å²) in [6.45, 7) is 1.34. The Hall–Kier alpha value is -2.13. The van der Waals surface area contributed by atoms with Gasteiger partial charge in [0.15, 0.2) is 0 Å². The van der Waals surface area contributed by atoms with Crippen LogP contribution in [0.15, 0.2) is 46.4 Å². The lowest BCUT2D eigenvalue weighted by atomic mass is 10.2. The molecule has 0 bridgehead atoms.